The zero-order chi connectivity index (χ0) is 15.4. The summed E-state index contributed by atoms with van der Waals surface area (Å²) in [6.07, 6.45) is 1.84. The fourth-order valence-electron chi connectivity index (χ4n) is 2.51. The van der Waals surface area contributed by atoms with Gasteiger partial charge in [0.25, 0.3) is 0 Å². The van der Waals surface area contributed by atoms with Crippen molar-refractivity contribution in [1.82, 2.24) is 20.1 Å². The molecule has 0 aliphatic carbocycles. The lowest BCUT2D eigenvalue weighted by Gasteiger charge is -2.35. The summed E-state index contributed by atoms with van der Waals surface area (Å²) < 4.78 is 0. The van der Waals surface area contributed by atoms with Gasteiger partial charge in [0.1, 0.15) is 0 Å². The van der Waals surface area contributed by atoms with Crippen LogP contribution in [0.3, 0.4) is 0 Å². The molecule has 0 bridgehead atoms. The van der Waals surface area contributed by atoms with Crippen LogP contribution in [0.25, 0.3) is 0 Å². The smallest absolute Gasteiger partial charge is 0.237 e. The van der Waals surface area contributed by atoms with Crippen LogP contribution in [-0.4, -0.2) is 60.0 Å². The van der Waals surface area contributed by atoms with Crippen LogP contribution in [0.2, 0.25) is 0 Å². The van der Waals surface area contributed by atoms with Crippen molar-refractivity contribution >= 4 is 5.91 Å². The number of aryl methyl sites for hydroxylation is 2. The number of nitrogens with one attached hydrogen (secondary N) is 1. The topological polar surface area (TPSA) is 48.5 Å². The second-order valence-corrected chi connectivity index (χ2v) is 5.98. The molecule has 0 aromatic carbocycles. The third kappa shape index (κ3) is 4.25. The molecule has 1 amide bonds. The maximum atomic E-state index is 12.3. The summed E-state index contributed by atoms with van der Waals surface area (Å²) in [6, 6.07) is 2.02. The average Bonchev–Trinajstić information content (AvgIpc) is 2.48. The molecule has 0 saturated carbocycles. The predicted octanol–water partition coefficient (Wildman–Crippen LogP) is 0.951. The summed E-state index contributed by atoms with van der Waals surface area (Å²) in [5.41, 5.74) is 3.25. The average molecular weight is 290 g/mol. The van der Waals surface area contributed by atoms with E-state index in [9.17, 15) is 4.79 Å². The van der Waals surface area contributed by atoms with Gasteiger partial charge in [-0.25, -0.2) is 0 Å². The van der Waals surface area contributed by atoms with E-state index >= 15 is 0 Å². The molecule has 2 heterocycles. The van der Waals surface area contributed by atoms with Gasteiger partial charge in [0.05, 0.1) is 6.04 Å². The van der Waals surface area contributed by atoms with Crippen LogP contribution < -0.4 is 5.32 Å². The summed E-state index contributed by atoms with van der Waals surface area (Å²) in [4.78, 5) is 21.1. The van der Waals surface area contributed by atoms with Gasteiger partial charge in [0.15, 0.2) is 0 Å². The Kier molecular flexibility index (Phi) is 5.31. The van der Waals surface area contributed by atoms with E-state index in [-0.39, 0.29) is 11.9 Å². The number of likely N-dealkylation sites (N-methyl/N-ethyl adjacent to an activating group) is 1. The molecule has 1 aliphatic rings. The highest BCUT2D eigenvalue weighted by Crippen LogP contribution is 2.08. The molecule has 1 atom stereocenters. The molecule has 21 heavy (non-hydrogen) atoms. The molecule has 116 valence electrons. The van der Waals surface area contributed by atoms with Crippen LogP contribution in [0.15, 0.2) is 12.3 Å². The molecular formula is C16H26N4O. The Bertz CT molecular complexity index is 495. The molecule has 1 N–H and O–H groups in total. The van der Waals surface area contributed by atoms with Crippen LogP contribution >= 0.6 is 0 Å². The van der Waals surface area contributed by atoms with Crippen molar-refractivity contribution in [3.05, 3.63) is 29.1 Å². The first kappa shape index (κ1) is 15.9. The van der Waals surface area contributed by atoms with Crippen LogP contribution in [0.1, 0.15) is 23.7 Å². The molecule has 1 aromatic rings. The number of rotatable bonds is 4. The zero-order valence-electron chi connectivity index (χ0n) is 13.5. The first-order valence-electron chi connectivity index (χ1n) is 7.60. The normalized spacial score (nSPS) is 18.5. The van der Waals surface area contributed by atoms with Crippen LogP contribution in [0, 0.1) is 13.8 Å². The van der Waals surface area contributed by atoms with E-state index in [4.69, 9.17) is 0 Å². The quantitative estimate of drug-likeness (QED) is 0.897. The van der Waals surface area contributed by atoms with E-state index in [2.05, 4.69) is 33.2 Å². The van der Waals surface area contributed by atoms with Gasteiger partial charge in [-0.3, -0.25) is 14.7 Å². The Morgan fingerprint density at radius 1 is 1.33 bits per heavy atom. The first-order valence-corrected chi connectivity index (χ1v) is 7.60. The summed E-state index contributed by atoms with van der Waals surface area (Å²) in [6.45, 7) is 10.5. The molecule has 1 fully saturated rings. The lowest BCUT2D eigenvalue weighted by molar-refractivity contribution is -0.126. The zero-order valence-corrected chi connectivity index (χ0v) is 13.5. The van der Waals surface area contributed by atoms with Gasteiger partial charge >= 0.3 is 0 Å². The molecule has 0 spiro atoms. The van der Waals surface area contributed by atoms with E-state index in [1.54, 1.807) is 0 Å². The molecule has 1 unspecified atom stereocenters. The number of aromatic nitrogens is 1. The maximum Gasteiger partial charge on any atom is 0.237 e. The molecule has 5 nitrogen and oxygen atoms in total. The molecule has 2 rings (SSSR count). The number of amides is 1. The van der Waals surface area contributed by atoms with Crippen molar-refractivity contribution in [1.29, 1.82) is 0 Å². The highest BCUT2D eigenvalue weighted by atomic mass is 16.2. The number of hydrogen-bond donors (Lipinski definition) is 1. The minimum atomic E-state index is -0.0711. The number of piperazine rings is 1. The molecule has 1 aliphatic heterocycles. The third-order valence-corrected chi connectivity index (χ3v) is 4.33. The van der Waals surface area contributed by atoms with Gasteiger partial charge in [0, 0.05) is 44.6 Å². The summed E-state index contributed by atoms with van der Waals surface area (Å²) in [5, 5.41) is 3.02. The fourth-order valence-corrected chi connectivity index (χ4v) is 2.51. The Morgan fingerprint density at radius 2 is 2.00 bits per heavy atom. The van der Waals surface area contributed by atoms with Gasteiger partial charge < -0.3 is 10.2 Å². The lowest BCUT2D eigenvalue weighted by atomic mass is 10.1. The van der Waals surface area contributed by atoms with Crippen molar-refractivity contribution in [2.45, 2.75) is 33.4 Å². The Labute approximate surface area is 127 Å². The molecule has 1 aromatic heterocycles. The van der Waals surface area contributed by atoms with E-state index in [1.807, 2.05) is 27.0 Å². The van der Waals surface area contributed by atoms with Crippen LogP contribution in [-0.2, 0) is 11.3 Å². The van der Waals surface area contributed by atoms with Gasteiger partial charge in [-0.05, 0) is 38.9 Å². The van der Waals surface area contributed by atoms with Crippen molar-refractivity contribution in [3.8, 4) is 0 Å². The molecule has 0 radical (unpaired) electrons. The number of hydrogen-bond acceptors (Lipinski definition) is 4. The third-order valence-electron chi connectivity index (χ3n) is 4.33. The highest BCUT2D eigenvalue weighted by molar-refractivity contribution is 5.81. The number of pyridine rings is 1. The molecular weight excluding hydrogens is 264 g/mol. The standard InChI is InChI=1S/C16H26N4O/c1-12-9-15(10-17-13(12)2)11-18-16(21)14(3)20-7-5-19(4)6-8-20/h9-10,14H,5-8,11H2,1-4H3,(H,18,21). The second kappa shape index (κ2) is 7.00. The maximum absolute atomic E-state index is 12.3. The SMILES string of the molecule is Cc1cc(CNC(=O)C(C)N2CCN(C)CC2)cnc1C. The van der Waals surface area contributed by atoms with Crippen molar-refractivity contribution in [2.75, 3.05) is 33.2 Å². The highest BCUT2D eigenvalue weighted by Gasteiger charge is 2.23. The molecule has 1 saturated heterocycles. The van der Waals surface area contributed by atoms with Crippen molar-refractivity contribution in [3.63, 3.8) is 0 Å². The Morgan fingerprint density at radius 3 is 2.62 bits per heavy atom. The Hall–Kier alpha value is -1.46. The van der Waals surface area contributed by atoms with E-state index < -0.39 is 0 Å². The Balaban J connectivity index is 1.84. The van der Waals surface area contributed by atoms with Gasteiger partial charge in [-0.1, -0.05) is 6.07 Å². The van der Waals surface area contributed by atoms with Gasteiger partial charge in [0.2, 0.25) is 5.91 Å². The van der Waals surface area contributed by atoms with E-state index in [0.717, 1.165) is 43.0 Å². The summed E-state index contributed by atoms with van der Waals surface area (Å²) in [5.74, 6) is 0.0952. The van der Waals surface area contributed by atoms with Gasteiger partial charge in [-0.15, -0.1) is 0 Å². The van der Waals surface area contributed by atoms with Gasteiger partial charge in [-0.2, -0.15) is 0 Å². The van der Waals surface area contributed by atoms with Crippen LogP contribution in [0.4, 0.5) is 0 Å². The second-order valence-electron chi connectivity index (χ2n) is 5.98. The van der Waals surface area contributed by atoms with Crippen LogP contribution in [0.5, 0.6) is 0 Å². The number of nitrogens with zero attached hydrogens (tertiary/aromatic N) is 3. The van der Waals surface area contributed by atoms with E-state index in [0.29, 0.717) is 6.54 Å². The number of carbonyl (C=O) groups is 1. The van der Waals surface area contributed by atoms with E-state index in [1.165, 1.54) is 0 Å². The summed E-state index contributed by atoms with van der Waals surface area (Å²) >= 11 is 0. The largest absolute Gasteiger partial charge is 0.351 e. The first-order chi connectivity index (χ1) is 9.97. The fraction of sp³-hybridized carbons (Fsp3) is 0.625. The predicted molar refractivity (Wildman–Crippen MR) is 84.1 cm³/mol. The van der Waals surface area contributed by atoms with Crippen molar-refractivity contribution in [2.24, 2.45) is 0 Å². The number of carbonyl (C=O) groups excluding carboxylic acids is 1. The monoisotopic (exact) mass is 290 g/mol. The minimum absolute atomic E-state index is 0.0711. The minimum Gasteiger partial charge on any atom is -0.351 e. The van der Waals surface area contributed by atoms with Crippen molar-refractivity contribution < 1.29 is 4.79 Å². The molecule has 5 heteroatoms. The lowest BCUT2D eigenvalue weighted by Crippen LogP contribution is -2.52. The summed E-state index contributed by atoms with van der Waals surface area (Å²) in [7, 11) is 2.12.